The lowest BCUT2D eigenvalue weighted by Crippen LogP contribution is -2.48. The molecule has 0 spiro atoms. The van der Waals surface area contributed by atoms with E-state index in [-0.39, 0.29) is 6.04 Å². The molecule has 0 aliphatic heterocycles. The van der Waals surface area contributed by atoms with Gasteiger partial charge in [0.15, 0.2) is 5.11 Å². The molecular weight excluding hydrogens is 208 g/mol. The van der Waals surface area contributed by atoms with Crippen molar-refractivity contribution in [2.45, 2.75) is 46.2 Å². The Hall–Kier alpha value is -0.350. The Morgan fingerprint density at radius 3 is 2.40 bits per heavy atom. The highest BCUT2D eigenvalue weighted by Gasteiger charge is 2.13. The Morgan fingerprint density at radius 1 is 1.40 bits per heavy atom. The lowest BCUT2D eigenvalue weighted by Gasteiger charge is -2.30. The number of hydrogen-bond acceptors (Lipinski definition) is 2. The fraction of sp³-hybridized carbons (Fsp3) is 0.909. The van der Waals surface area contributed by atoms with E-state index < -0.39 is 0 Å². The molecule has 0 aromatic rings. The molecule has 0 radical (unpaired) electrons. The standard InChI is InChI=1S/C11H24N2OS/c1-6-7-13(9(2)3)11(15)12-10(4)8-14-5/h9-10H,6-8H2,1-5H3,(H,12,15). The highest BCUT2D eigenvalue weighted by molar-refractivity contribution is 7.80. The van der Waals surface area contributed by atoms with Crippen molar-refractivity contribution in [2.24, 2.45) is 0 Å². The molecule has 1 N–H and O–H groups in total. The first-order chi connectivity index (χ1) is 7.02. The third-order valence-electron chi connectivity index (χ3n) is 2.14. The quantitative estimate of drug-likeness (QED) is 0.708. The van der Waals surface area contributed by atoms with Crippen LogP contribution in [0.3, 0.4) is 0 Å². The Kier molecular flexibility index (Phi) is 7.70. The number of methoxy groups -OCH3 is 1. The summed E-state index contributed by atoms with van der Waals surface area (Å²) in [5.74, 6) is 0. The van der Waals surface area contributed by atoms with Crippen molar-refractivity contribution in [3.63, 3.8) is 0 Å². The summed E-state index contributed by atoms with van der Waals surface area (Å²) in [5, 5.41) is 4.11. The molecule has 0 aromatic heterocycles. The molecule has 0 amide bonds. The lowest BCUT2D eigenvalue weighted by atomic mass is 10.3. The monoisotopic (exact) mass is 232 g/mol. The van der Waals surface area contributed by atoms with Crippen LogP contribution >= 0.6 is 12.2 Å². The molecule has 4 heteroatoms. The minimum atomic E-state index is 0.264. The van der Waals surface area contributed by atoms with Gasteiger partial charge in [-0.3, -0.25) is 0 Å². The number of nitrogens with one attached hydrogen (secondary N) is 1. The van der Waals surface area contributed by atoms with Gasteiger partial charge in [-0.2, -0.15) is 0 Å². The predicted molar refractivity (Wildman–Crippen MR) is 69.2 cm³/mol. The van der Waals surface area contributed by atoms with Crippen LogP contribution in [0.5, 0.6) is 0 Å². The van der Waals surface area contributed by atoms with E-state index in [1.54, 1.807) is 7.11 Å². The maximum atomic E-state index is 5.37. The zero-order chi connectivity index (χ0) is 11.8. The topological polar surface area (TPSA) is 24.5 Å². The molecule has 0 aliphatic rings. The van der Waals surface area contributed by atoms with Crippen LogP contribution in [0.2, 0.25) is 0 Å². The molecule has 1 atom stereocenters. The smallest absolute Gasteiger partial charge is 0.169 e. The van der Waals surface area contributed by atoms with E-state index in [2.05, 4.69) is 37.9 Å². The molecule has 0 bridgehead atoms. The SMILES string of the molecule is CCCN(C(=S)NC(C)COC)C(C)C. The van der Waals surface area contributed by atoms with E-state index in [1.165, 1.54) is 0 Å². The maximum Gasteiger partial charge on any atom is 0.169 e. The van der Waals surface area contributed by atoms with Gasteiger partial charge in [0.2, 0.25) is 0 Å². The van der Waals surface area contributed by atoms with Gasteiger partial charge in [0.1, 0.15) is 0 Å². The summed E-state index contributed by atoms with van der Waals surface area (Å²) < 4.78 is 5.06. The average molecular weight is 232 g/mol. The van der Waals surface area contributed by atoms with Crippen LogP contribution in [0.4, 0.5) is 0 Å². The first kappa shape index (κ1) is 14.6. The summed E-state index contributed by atoms with van der Waals surface area (Å²) in [7, 11) is 1.70. The van der Waals surface area contributed by atoms with E-state index in [4.69, 9.17) is 17.0 Å². The molecule has 0 heterocycles. The van der Waals surface area contributed by atoms with Gasteiger partial charge in [0.05, 0.1) is 6.61 Å². The Bertz CT molecular complexity index is 185. The number of nitrogens with zero attached hydrogens (tertiary/aromatic N) is 1. The number of ether oxygens (including phenoxy) is 1. The predicted octanol–water partition coefficient (Wildman–Crippen LogP) is 2.02. The second-order valence-electron chi connectivity index (χ2n) is 4.09. The number of hydrogen-bond donors (Lipinski definition) is 1. The van der Waals surface area contributed by atoms with Crippen molar-refractivity contribution in [3.8, 4) is 0 Å². The molecule has 1 unspecified atom stereocenters. The van der Waals surface area contributed by atoms with Gasteiger partial charge in [-0.05, 0) is 39.4 Å². The molecule has 90 valence electrons. The normalized spacial score (nSPS) is 12.7. The van der Waals surface area contributed by atoms with Crippen LogP contribution in [0.15, 0.2) is 0 Å². The molecule has 0 fully saturated rings. The Labute approximate surface area is 99.2 Å². The highest BCUT2D eigenvalue weighted by atomic mass is 32.1. The summed E-state index contributed by atoms with van der Waals surface area (Å²) in [6.07, 6.45) is 1.11. The van der Waals surface area contributed by atoms with Crippen LogP contribution in [0, 0.1) is 0 Å². The van der Waals surface area contributed by atoms with Crippen molar-refractivity contribution in [3.05, 3.63) is 0 Å². The van der Waals surface area contributed by atoms with Gasteiger partial charge in [-0.25, -0.2) is 0 Å². The van der Waals surface area contributed by atoms with Gasteiger partial charge in [-0.1, -0.05) is 6.92 Å². The average Bonchev–Trinajstić information content (AvgIpc) is 2.13. The van der Waals surface area contributed by atoms with Crippen molar-refractivity contribution in [1.29, 1.82) is 0 Å². The third-order valence-corrected chi connectivity index (χ3v) is 2.49. The van der Waals surface area contributed by atoms with Gasteiger partial charge in [-0.15, -0.1) is 0 Å². The van der Waals surface area contributed by atoms with Crippen LogP contribution in [-0.2, 0) is 4.74 Å². The van der Waals surface area contributed by atoms with Crippen LogP contribution in [0.1, 0.15) is 34.1 Å². The second-order valence-corrected chi connectivity index (χ2v) is 4.48. The first-order valence-electron chi connectivity index (χ1n) is 5.59. The molecule has 0 aliphatic carbocycles. The highest BCUT2D eigenvalue weighted by Crippen LogP contribution is 2.01. The first-order valence-corrected chi connectivity index (χ1v) is 5.99. The summed E-state index contributed by atoms with van der Waals surface area (Å²) in [5.41, 5.74) is 0. The Balaban J connectivity index is 4.13. The maximum absolute atomic E-state index is 5.37. The molecular formula is C11H24N2OS. The molecule has 0 saturated carbocycles. The van der Waals surface area contributed by atoms with Crippen molar-refractivity contribution in [1.82, 2.24) is 10.2 Å². The zero-order valence-corrected chi connectivity index (χ0v) is 11.4. The van der Waals surface area contributed by atoms with Gasteiger partial charge in [0.25, 0.3) is 0 Å². The Morgan fingerprint density at radius 2 is 2.00 bits per heavy atom. The van der Waals surface area contributed by atoms with E-state index in [0.717, 1.165) is 18.1 Å². The fourth-order valence-corrected chi connectivity index (χ4v) is 1.92. The van der Waals surface area contributed by atoms with Crippen LogP contribution < -0.4 is 5.32 Å². The van der Waals surface area contributed by atoms with Crippen molar-refractivity contribution in [2.75, 3.05) is 20.3 Å². The minimum absolute atomic E-state index is 0.264. The van der Waals surface area contributed by atoms with Gasteiger partial charge >= 0.3 is 0 Å². The largest absolute Gasteiger partial charge is 0.383 e. The molecule has 0 rings (SSSR count). The molecule has 0 saturated heterocycles. The number of thiocarbonyl (C=S) groups is 1. The summed E-state index contributed by atoms with van der Waals surface area (Å²) in [6.45, 7) is 10.2. The summed E-state index contributed by atoms with van der Waals surface area (Å²) in [4.78, 5) is 2.21. The van der Waals surface area contributed by atoms with E-state index >= 15 is 0 Å². The zero-order valence-electron chi connectivity index (χ0n) is 10.5. The number of rotatable bonds is 6. The lowest BCUT2D eigenvalue weighted by molar-refractivity contribution is 0.177. The summed E-state index contributed by atoms with van der Waals surface area (Å²) in [6, 6.07) is 0.709. The third kappa shape index (κ3) is 5.95. The second kappa shape index (κ2) is 7.88. The molecule has 3 nitrogen and oxygen atoms in total. The van der Waals surface area contributed by atoms with E-state index in [1.807, 2.05) is 0 Å². The fourth-order valence-electron chi connectivity index (χ4n) is 1.42. The van der Waals surface area contributed by atoms with E-state index in [9.17, 15) is 0 Å². The minimum Gasteiger partial charge on any atom is -0.383 e. The summed E-state index contributed by atoms with van der Waals surface area (Å²) >= 11 is 5.37. The van der Waals surface area contributed by atoms with Crippen LogP contribution in [0.25, 0.3) is 0 Å². The molecule has 15 heavy (non-hydrogen) atoms. The van der Waals surface area contributed by atoms with Crippen molar-refractivity contribution >= 4 is 17.3 Å². The van der Waals surface area contributed by atoms with Gasteiger partial charge in [0, 0.05) is 25.7 Å². The van der Waals surface area contributed by atoms with E-state index in [0.29, 0.717) is 12.6 Å². The van der Waals surface area contributed by atoms with Crippen LogP contribution in [-0.4, -0.2) is 42.4 Å². The van der Waals surface area contributed by atoms with Gasteiger partial charge < -0.3 is 15.0 Å². The van der Waals surface area contributed by atoms with Crippen molar-refractivity contribution < 1.29 is 4.74 Å². The molecule has 0 aromatic carbocycles.